The second kappa shape index (κ2) is 5.08. The van der Waals surface area contributed by atoms with E-state index in [0.717, 1.165) is 29.6 Å². The van der Waals surface area contributed by atoms with Crippen molar-refractivity contribution in [3.8, 4) is 0 Å². The molecule has 1 aromatic heterocycles. The number of H-pyrrole nitrogens is 1. The van der Waals surface area contributed by atoms with Gasteiger partial charge in [-0.2, -0.15) is 0 Å². The molecule has 1 aliphatic carbocycles. The summed E-state index contributed by atoms with van der Waals surface area (Å²) >= 11 is 0. The van der Waals surface area contributed by atoms with E-state index in [1.165, 1.54) is 18.2 Å². The molecule has 1 fully saturated rings. The second-order valence-electron chi connectivity index (χ2n) is 5.50. The Hall–Kier alpha value is -1.77. The van der Waals surface area contributed by atoms with Gasteiger partial charge in [0.1, 0.15) is 0 Å². The van der Waals surface area contributed by atoms with Crippen molar-refractivity contribution in [3.63, 3.8) is 0 Å². The lowest BCUT2D eigenvalue weighted by atomic mass is 10.1. The minimum absolute atomic E-state index is 0.153. The van der Waals surface area contributed by atoms with Crippen LogP contribution >= 0.6 is 0 Å². The van der Waals surface area contributed by atoms with Crippen LogP contribution in [-0.2, 0) is 11.2 Å². The molecule has 19 heavy (non-hydrogen) atoms. The highest BCUT2D eigenvalue weighted by molar-refractivity contribution is 5.90. The van der Waals surface area contributed by atoms with Crippen LogP contribution in [0.4, 0.5) is 0 Å². The minimum atomic E-state index is 0.153. The molecule has 1 heterocycles. The number of amides is 1. The van der Waals surface area contributed by atoms with E-state index < -0.39 is 0 Å². The first-order chi connectivity index (χ1) is 9.24. The van der Waals surface area contributed by atoms with Gasteiger partial charge in [0.05, 0.1) is 6.42 Å². The number of fused-ring (bicyclic) bond motifs is 1. The van der Waals surface area contributed by atoms with Gasteiger partial charge in [-0.05, 0) is 31.4 Å². The maximum atomic E-state index is 12.1. The van der Waals surface area contributed by atoms with E-state index in [1.807, 2.05) is 19.1 Å². The van der Waals surface area contributed by atoms with E-state index >= 15 is 0 Å². The summed E-state index contributed by atoms with van der Waals surface area (Å²) in [6, 6.07) is 8.57. The van der Waals surface area contributed by atoms with Crippen molar-refractivity contribution in [1.82, 2.24) is 10.3 Å². The van der Waals surface area contributed by atoms with Crippen molar-refractivity contribution in [3.05, 3.63) is 35.5 Å². The first kappa shape index (κ1) is 12.3. The van der Waals surface area contributed by atoms with Crippen LogP contribution in [0.3, 0.4) is 0 Å². The molecule has 100 valence electrons. The van der Waals surface area contributed by atoms with Crippen LogP contribution in [0.1, 0.15) is 36.9 Å². The van der Waals surface area contributed by atoms with Gasteiger partial charge >= 0.3 is 0 Å². The molecule has 0 spiro atoms. The summed E-state index contributed by atoms with van der Waals surface area (Å²) in [6.45, 7) is 2.04. The Morgan fingerprint density at radius 1 is 1.32 bits per heavy atom. The molecule has 1 amide bonds. The molecule has 0 atom stereocenters. The van der Waals surface area contributed by atoms with Crippen molar-refractivity contribution in [2.75, 3.05) is 0 Å². The third-order valence-electron chi connectivity index (χ3n) is 4.08. The SMILES string of the molecule is Cc1[nH]c2ccccc2c1CC(=O)NC1CCCC1. The summed E-state index contributed by atoms with van der Waals surface area (Å²) in [5.41, 5.74) is 3.34. The zero-order valence-corrected chi connectivity index (χ0v) is 11.3. The first-order valence-corrected chi connectivity index (χ1v) is 7.09. The molecule has 0 bridgehead atoms. The third kappa shape index (κ3) is 2.50. The van der Waals surface area contributed by atoms with Gasteiger partial charge in [0.25, 0.3) is 0 Å². The van der Waals surface area contributed by atoms with Crippen LogP contribution in [-0.4, -0.2) is 16.9 Å². The highest BCUT2D eigenvalue weighted by atomic mass is 16.1. The number of carbonyl (C=O) groups is 1. The van der Waals surface area contributed by atoms with Gasteiger partial charge in [-0.3, -0.25) is 4.79 Å². The average Bonchev–Trinajstić information content (AvgIpc) is 2.99. The van der Waals surface area contributed by atoms with Gasteiger partial charge < -0.3 is 10.3 Å². The Kier molecular flexibility index (Phi) is 3.28. The third-order valence-corrected chi connectivity index (χ3v) is 4.08. The Morgan fingerprint density at radius 3 is 2.84 bits per heavy atom. The van der Waals surface area contributed by atoms with Crippen molar-refractivity contribution in [1.29, 1.82) is 0 Å². The molecule has 1 aliphatic rings. The van der Waals surface area contributed by atoms with Crippen LogP contribution < -0.4 is 5.32 Å². The van der Waals surface area contributed by atoms with E-state index in [1.54, 1.807) is 0 Å². The van der Waals surface area contributed by atoms with Crippen LogP contribution in [0.25, 0.3) is 10.9 Å². The van der Waals surface area contributed by atoms with E-state index in [-0.39, 0.29) is 5.91 Å². The number of hydrogen-bond acceptors (Lipinski definition) is 1. The summed E-state index contributed by atoms with van der Waals surface area (Å²) in [7, 11) is 0. The molecule has 0 aliphatic heterocycles. The molecule has 3 heteroatoms. The number of aromatic amines is 1. The number of para-hydroxylation sites is 1. The summed E-state index contributed by atoms with van der Waals surface area (Å²) in [6.07, 6.45) is 5.25. The summed E-state index contributed by atoms with van der Waals surface area (Å²) in [5, 5.41) is 4.32. The van der Waals surface area contributed by atoms with Gasteiger partial charge in [-0.1, -0.05) is 31.0 Å². The Morgan fingerprint density at radius 2 is 2.05 bits per heavy atom. The maximum absolute atomic E-state index is 12.1. The number of aryl methyl sites for hydroxylation is 1. The molecule has 3 nitrogen and oxygen atoms in total. The Labute approximate surface area is 113 Å². The normalized spacial score (nSPS) is 16.1. The lowest BCUT2D eigenvalue weighted by molar-refractivity contribution is -0.121. The zero-order chi connectivity index (χ0) is 13.2. The van der Waals surface area contributed by atoms with Crippen molar-refractivity contribution in [2.24, 2.45) is 0 Å². The molecular weight excluding hydrogens is 236 g/mol. The maximum Gasteiger partial charge on any atom is 0.224 e. The van der Waals surface area contributed by atoms with Crippen LogP contribution in [0.15, 0.2) is 24.3 Å². The quantitative estimate of drug-likeness (QED) is 0.871. The van der Waals surface area contributed by atoms with E-state index in [4.69, 9.17) is 0 Å². The predicted octanol–water partition coefficient (Wildman–Crippen LogP) is 3.08. The molecule has 0 saturated heterocycles. The summed E-state index contributed by atoms with van der Waals surface area (Å²) in [5.74, 6) is 0.153. The highest BCUT2D eigenvalue weighted by Gasteiger charge is 2.18. The number of nitrogens with one attached hydrogen (secondary N) is 2. The molecule has 0 radical (unpaired) electrons. The molecule has 2 N–H and O–H groups in total. The smallest absolute Gasteiger partial charge is 0.224 e. The topological polar surface area (TPSA) is 44.9 Å². The van der Waals surface area contributed by atoms with E-state index in [2.05, 4.69) is 22.4 Å². The lowest BCUT2D eigenvalue weighted by Crippen LogP contribution is -2.33. The fraction of sp³-hybridized carbons (Fsp3) is 0.438. The molecular formula is C16H20N2O. The number of aromatic nitrogens is 1. The fourth-order valence-corrected chi connectivity index (χ4v) is 3.07. The van der Waals surface area contributed by atoms with E-state index in [0.29, 0.717) is 12.5 Å². The summed E-state index contributed by atoms with van der Waals surface area (Å²) < 4.78 is 0. The van der Waals surface area contributed by atoms with Gasteiger partial charge in [-0.15, -0.1) is 0 Å². The van der Waals surface area contributed by atoms with Gasteiger partial charge in [0.2, 0.25) is 5.91 Å². The summed E-state index contributed by atoms with van der Waals surface area (Å²) in [4.78, 5) is 15.5. The fourth-order valence-electron chi connectivity index (χ4n) is 3.07. The molecule has 1 aromatic carbocycles. The van der Waals surface area contributed by atoms with Crippen LogP contribution in [0, 0.1) is 6.92 Å². The Balaban J connectivity index is 1.77. The standard InChI is InChI=1S/C16H20N2O/c1-11-14(13-8-4-5-9-15(13)17-11)10-16(19)18-12-6-2-3-7-12/h4-5,8-9,12,17H,2-3,6-7,10H2,1H3,(H,18,19). The molecule has 3 rings (SSSR count). The predicted molar refractivity (Wildman–Crippen MR) is 77.1 cm³/mol. The van der Waals surface area contributed by atoms with Crippen molar-refractivity contribution >= 4 is 16.8 Å². The van der Waals surface area contributed by atoms with Crippen molar-refractivity contribution < 1.29 is 4.79 Å². The minimum Gasteiger partial charge on any atom is -0.358 e. The molecule has 0 unspecified atom stereocenters. The largest absolute Gasteiger partial charge is 0.358 e. The Bertz CT molecular complexity index is 594. The van der Waals surface area contributed by atoms with Crippen LogP contribution in [0.5, 0.6) is 0 Å². The average molecular weight is 256 g/mol. The van der Waals surface area contributed by atoms with E-state index in [9.17, 15) is 4.79 Å². The first-order valence-electron chi connectivity index (χ1n) is 7.09. The van der Waals surface area contributed by atoms with Gasteiger partial charge in [0, 0.05) is 22.6 Å². The van der Waals surface area contributed by atoms with Gasteiger partial charge in [-0.25, -0.2) is 0 Å². The molecule has 2 aromatic rings. The van der Waals surface area contributed by atoms with Crippen LogP contribution in [0.2, 0.25) is 0 Å². The zero-order valence-electron chi connectivity index (χ0n) is 11.3. The number of rotatable bonds is 3. The monoisotopic (exact) mass is 256 g/mol. The van der Waals surface area contributed by atoms with Crippen molar-refractivity contribution in [2.45, 2.75) is 45.1 Å². The number of benzene rings is 1. The lowest BCUT2D eigenvalue weighted by Gasteiger charge is -2.11. The number of hydrogen-bond donors (Lipinski definition) is 2. The molecule has 1 saturated carbocycles. The number of carbonyl (C=O) groups excluding carboxylic acids is 1. The highest BCUT2D eigenvalue weighted by Crippen LogP contribution is 2.23. The second-order valence-corrected chi connectivity index (χ2v) is 5.50. The van der Waals surface area contributed by atoms with Gasteiger partial charge in [0.15, 0.2) is 0 Å².